The summed E-state index contributed by atoms with van der Waals surface area (Å²) < 4.78 is 6.26. The predicted molar refractivity (Wildman–Crippen MR) is 255 cm³/mol. The number of fused-ring (bicyclic) bond motifs is 10. The molecule has 0 N–H and O–H groups in total. The SMILES string of the molecule is c1cc(-c2ccc(N(c3ccc(-c4ccc5c6ccccc6c6ccccc6c5c4)cc3)c3ccc4oc5ccccc5c4c3)cc2)cc(-c2cccc3ccccc23)c1. The maximum absolute atomic E-state index is 6.26. The Labute approximate surface area is 347 Å². The number of hydrogen-bond donors (Lipinski definition) is 0. The monoisotopic (exact) mass is 763 g/mol. The van der Waals surface area contributed by atoms with Crippen LogP contribution >= 0.6 is 0 Å². The van der Waals surface area contributed by atoms with Crippen LogP contribution in [0.3, 0.4) is 0 Å². The number of benzene rings is 11. The molecular formula is C58H37NO. The van der Waals surface area contributed by atoms with E-state index in [0.29, 0.717) is 0 Å². The second kappa shape index (κ2) is 13.9. The topological polar surface area (TPSA) is 16.4 Å². The molecule has 0 aliphatic rings. The van der Waals surface area contributed by atoms with E-state index in [1.54, 1.807) is 0 Å². The highest BCUT2D eigenvalue weighted by Gasteiger charge is 2.17. The summed E-state index contributed by atoms with van der Waals surface area (Å²) in [7, 11) is 0. The molecule has 0 atom stereocenters. The molecule has 2 nitrogen and oxygen atoms in total. The summed E-state index contributed by atoms with van der Waals surface area (Å²) in [4.78, 5) is 2.35. The van der Waals surface area contributed by atoms with Crippen molar-refractivity contribution in [2.24, 2.45) is 0 Å². The first-order valence-corrected chi connectivity index (χ1v) is 20.6. The molecule has 12 aromatic rings. The van der Waals surface area contributed by atoms with Crippen LogP contribution in [0.1, 0.15) is 0 Å². The first-order chi connectivity index (χ1) is 29.7. The summed E-state index contributed by atoms with van der Waals surface area (Å²) in [6.45, 7) is 0. The minimum absolute atomic E-state index is 0.883. The van der Waals surface area contributed by atoms with E-state index in [-0.39, 0.29) is 0 Å². The number of hydrogen-bond acceptors (Lipinski definition) is 2. The fourth-order valence-corrected chi connectivity index (χ4v) is 9.34. The number of nitrogens with zero attached hydrogens (tertiary/aromatic N) is 1. The third kappa shape index (κ3) is 5.65. The van der Waals surface area contributed by atoms with Crippen LogP contribution in [0.2, 0.25) is 0 Å². The molecule has 0 fully saturated rings. The molecule has 0 radical (unpaired) electrons. The smallest absolute Gasteiger partial charge is 0.135 e. The summed E-state index contributed by atoms with van der Waals surface area (Å²) >= 11 is 0. The highest BCUT2D eigenvalue weighted by Crippen LogP contribution is 2.42. The maximum atomic E-state index is 6.26. The van der Waals surface area contributed by atoms with E-state index in [1.165, 1.54) is 76.5 Å². The Balaban J connectivity index is 0.948. The van der Waals surface area contributed by atoms with Gasteiger partial charge in [0.15, 0.2) is 0 Å². The fourth-order valence-electron chi connectivity index (χ4n) is 9.34. The minimum atomic E-state index is 0.883. The van der Waals surface area contributed by atoms with Crippen molar-refractivity contribution in [2.75, 3.05) is 4.90 Å². The number of rotatable bonds is 6. The van der Waals surface area contributed by atoms with Gasteiger partial charge in [-0.3, -0.25) is 0 Å². The molecule has 60 heavy (non-hydrogen) atoms. The molecule has 12 rings (SSSR count). The molecule has 0 bridgehead atoms. The Kier molecular flexibility index (Phi) is 7.89. The summed E-state index contributed by atoms with van der Waals surface area (Å²) in [6, 6.07) is 81.3. The molecule has 0 aliphatic heterocycles. The van der Waals surface area contributed by atoms with Crippen LogP contribution in [0.25, 0.3) is 98.4 Å². The molecular weight excluding hydrogens is 727 g/mol. The van der Waals surface area contributed by atoms with Crippen molar-refractivity contribution in [3.05, 3.63) is 224 Å². The Bertz CT molecular complexity index is 3560. The lowest BCUT2D eigenvalue weighted by molar-refractivity contribution is 0.669. The molecule has 280 valence electrons. The average Bonchev–Trinajstić information content (AvgIpc) is 3.70. The minimum Gasteiger partial charge on any atom is -0.456 e. The molecule has 0 amide bonds. The molecule has 0 unspecified atom stereocenters. The van der Waals surface area contributed by atoms with Gasteiger partial charge in [0.2, 0.25) is 0 Å². The molecule has 0 spiro atoms. The van der Waals surface area contributed by atoms with Crippen molar-refractivity contribution in [1.29, 1.82) is 0 Å². The Morgan fingerprint density at radius 3 is 1.43 bits per heavy atom. The molecule has 11 aromatic carbocycles. The molecule has 0 saturated carbocycles. The van der Waals surface area contributed by atoms with Gasteiger partial charge in [-0.25, -0.2) is 0 Å². The number of furan rings is 1. The van der Waals surface area contributed by atoms with E-state index in [0.717, 1.165) is 39.0 Å². The average molecular weight is 764 g/mol. The van der Waals surface area contributed by atoms with Gasteiger partial charge in [0.25, 0.3) is 0 Å². The lowest BCUT2D eigenvalue weighted by Gasteiger charge is -2.26. The molecule has 0 saturated heterocycles. The van der Waals surface area contributed by atoms with E-state index >= 15 is 0 Å². The third-order valence-electron chi connectivity index (χ3n) is 12.2. The summed E-state index contributed by atoms with van der Waals surface area (Å²) in [5.41, 5.74) is 12.2. The van der Waals surface area contributed by atoms with E-state index in [4.69, 9.17) is 4.42 Å². The lowest BCUT2D eigenvalue weighted by atomic mass is 9.92. The quantitative estimate of drug-likeness (QED) is 0.157. The van der Waals surface area contributed by atoms with Crippen LogP contribution < -0.4 is 4.90 Å². The Hall–Kier alpha value is -7.94. The maximum Gasteiger partial charge on any atom is 0.135 e. The second-order valence-corrected chi connectivity index (χ2v) is 15.7. The molecule has 2 heteroatoms. The van der Waals surface area contributed by atoms with E-state index in [9.17, 15) is 0 Å². The molecule has 1 heterocycles. The zero-order valence-electron chi connectivity index (χ0n) is 32.7. The van der Waals surface area contributed by atoms with Gasteiger partial charge in [-0.15, -0.1) is 0 Å². The molecule has 1 aromatic heterocycles. The number of para-hydroxylation sites is 1. The lowest BCUT2D eigenvalue weighted by Crippen LogP contribution is -2.09. The van der Waals surface area contributed by atoms with Crippen LogP contribution in [0, 0.1) is 0 Å². The summed E-state index contributed by atoms with van der Waals surface area (Å²) in [6.07, 6.45) is 0. The standard InChI is InChI=1S/C58H37NO/c1-2-15-47-40(11-1)12-10-21-48(47)43-14-9-13-41(35-43)38-23-28-44(29-24-38)59(46-32-34-58-56(37-46)54-20-7-8-22-57(54)60-58)45-30-25-39(26-31-45)42-27-33-53-51-18-4-3-16-49(51)50-17-5-6-19-52(50)55(53)36-42/h1-37H. The van der Waals surface area contributed by atoms with Crippen molar-refractivity contribution in [3.63, 3.8) is 0 Å². The highest BCUT2D eigenvalue weighted by atomic mass is 16.3. The van der Waals surface area contributed by atoms with Gasteiger partial charge in [-0.05, 0) is 137 Å². The van der Waals surface area contributed by atoms with Gasteiger partial charge in [-0.1, -0.05) is 164 Å². The van der Waals surface area contributed by atoms with Gasteiger partial charge >= 0.3 is 0 Å². The van der Waals surface area contributed by atoms with E-state index in [2.05, 4.69) is 217 Å². The first-order valence-electron chi connectivity index (χ1n) is 20.6. The van der Waals surface area contributed by atoms with Crippen molar-refractivity contribution in [2.45, 2.75) is 0 Å². The van der Waals surface area contributed by atoms with E-state index < -0.39 is 0 Å². The van der Waals surface area contributed by atoms with Gasteiger partial charge in [0.1, 0.15) is 11.2 Å². The van der Waals surface area contributed by atoms with Crippen molar-refractivity contribution < 1.29 is 4.42 Å². The zero-order valence-corrected chi connectivity index (χ0v) is 32.7. The largest absolute Gasteiger partial charge is 0.456 e. The van der Waals surface area contributed by atoms with Gasteiger partial charge in [-0.2, -0.15) is 0 Å². The predicted octanol–water partition coefficient (Wildman–Crippen LogP) is 16.7. The fraction of sp³-hybridized carbons (Fsp3) is 0. The van der Waals surface area contributed by atoms with Crippen LogP contribution in [-0.2, 0) is 0 Å². The van der Waals surface area contributed by atoms with Gasteiger partial charge in [0, 0.05) is 27.8 Å². The van der Waals surface area contributed by atoms with Crippen molar-refractivity contribution in [1.82, 2.24) is 0 Å². The van der Waals surface area contributed by atoms with Gasteiger partial charge < -0.3 is 9.32 Å². The molecule has 0 aliphatic carbocycles. The third-order valence-corrected chi connectivity index (χ3v) is 12.2. The summed E-state index contributed by atoms with van der Waals surface area (Å²) in [5.74, 6) is 0. The summed E-state index contributed by atoms with van der Waals surface area (Å²) in [5, 5.41) is 12.4. The Morgan fingerprint density at radius 1 is 0.250 bits per heavy atom. The normalized spacial score (nSPS) is 11.7. The van der Waals surface area contributed by atoms with Crippen LogP contribution in [-0.4, -0.2) is 0 Å². The number of anilines is 3. The van der Waals surface area contributed by atoms with Crippen LogP contribution in [0.5, 0.6) is 0 Å². The zero-order chi connectivity index (χ0) is 39.6. The van der Waals surface area contributed by atoms with E-state index in [1.807, 2.05) is 12.1 Å². The van der Waals surface area contributed by atoms with Crippen LogP contribution in [0.4, 0.5) is 17.1 Å². The second-order valence-electron chi connectivity index (χ2n) is 15.7. The highest BCUT2D eigenvalue weighted by molar-refractivity contribution is 6.25. The van der Waals surface area contributed by atoms with Crippen molar-refractivity contribution in [3.8, 4) is 33.4 Å². The van der Waals surface area contributed by atoms with Gasteiger partial charge in [0.05, 0.1) is 0 Å². The van der Waals surface area contributed by atoms with Crippen LogP contribution in [0.15, 0.2) is 229 Å². The Morgan fingerprint density at radius 2 is 0.733 bits per heavy atom. The first kappa shape index (κ1) is 34.1. The van der Waals surface area contributed by atoms with Crippen molar-refractivity contribution >= 4 is 82.1 Å².